The monoisotopic (exact) mass is 236 g/mol. The van der Waals surface area contributed by atoms with Crippen molar-refractivity contribution in [2.24, 2.45) is 10.9 Å². The fourth-order valence-electron chi connectivity index (χ4n) is 1.44. The Kier molecular flexibility index (Phi) is 3.93. The van der Waals surface area contributed by atoms with Crippen molar-refractivity contribution in [3.63, 3.8) is 0 Å². The number of rotatable bonds is 4. The van der Waals surface area contributed by atoms with Crippen LogP contribution in [-0.2, 0) is 0 Å². The number of oxime groups is 1. The summed E-state index contributed by atoms with van der Waals surface area (Å²) in [7, 11) is 1.96. The number of pyridine rings is 1. The van der Waals surface area contributed by atoms with Gasteiger partial charge in [-0.15, -0.1) is 0 Å². The standard InChI is InChI=1S/C12H20N4O/c1-5-12(2,3)16(4)11-9(10(13)15-17)7-6-8-14-11/h6-8,17H,5H2,1-4H3,(H2,13,15). The molecule has 0 radical (unpaired) electrons. The summed E-state index contributed by atoms with van der Waals surface area (Å²) in [5.41, 5.74) is 6.25. The summed E-state index contributed by atoms with van der Waals surface area (Å²) in [4.78, 5) is 6.36. The zero-order valence-electron chi connectivity index (χ0n) is 10.8. The van der Waals surface area contributed by atoms with Crippen LogP contribution in [0.15, 0.2) is 23.5 Å². The molecule has 0 spiro atoms. The molecule has 3 N–H and O–H groups in total. The molecule has 5 nitrogen and oxygen atoms in total. The molecule has 0 aromatic carbocycles. The average molecular weight is 236 g/mol. The summed E-state index contributed by atoms with van der Waals surface area (Å²) in [6, 6.07) is 3.56. The van der Waals surface area contributed by atoms with E-state index in [4.69, 9.17) is 10.9 Å². The van der Waals surface area contributed by atoms with Crippen LogP contribution in [0.1, 0.15) is 32.8 Å². The number of anilines is 1. The Hall–Kier alpha value is -1.78. The number of amidine groups is 1. The summed E-state index contributed by atoms with van der Waals surface area (Å²) in [6.07, 6.45) is 2.67. The minimum Gasteiger partial charge on any atom is -0.409 e. The molecule has 1 heterocycles. The summed E-state index contributed by atoms with van der Waals surface area (Å²) >= 11 is 0. The second-order valence-corrected chi connectivity index (χ2v) is 4.58. The minimum atomic E-state index is -0.0428. The number of aromatic nitrogens is 1. The van der Waals surface area contributed by atoms with Gasteiger partial charge in [-0.2, -0.15) is 0 Å². The van der Waals surface area contributed by atoms with Crippen molar-refractivity contribution in [1.29, 1.82) is 0 Å². The van der Waals surface area contributed by atoms with E-state index in [0.29, 0.717) is 5.56 Å². The van der Waals surface area contributed by atoms with Gasteiger partial charge in [0.15, 0.2) is 5.84 Å². The van der Waals surface area contributed by atoms with Gasteiger partial charge in [-0.3, -0.25) is 0 Å². The van der Waals surface area contributed by atoms with E-state index in [0.717, 1.165) is 12.2 Å². The zero-order valence-corrected chi connectivity index (χ0v) is 10.8. The molecule has 0 aliphatic heterocycles. The zero-order chi connectivity index (χ0) is 13.1. The van der Waals surface area contributed by atoms with Gasteiger partial charge in [0.2, 0.25) is 0 Å². The summed E-state index contributed by atoms with van der Waals surface area (Å²) in [5.74, 6) is 0.793. The van der Waals surface area contributed by atoms with Crippen LogP contribution in [0, 0.1) is 0 Å². The number of hydrogen-bond acceptors (Lipinski definition) is 4. The minimum absolute atomic E-state index is 0.0428. The predicted molar refractivity (Wildman–Crippen MR) is 69.5 cm³/mol. The summed E-state index contributed by atoms with van der Waals surface area (Å²) < 4.78 is 0. The van der Waals surface area contributed by atoms with Gasteiger partial charge in [-0.05, 0) is 32.4 Å². The van der Waals surface area contributed by atoms with Crippen LogP contribution in [0.4, 0.5) is 5.82 Å². The Morgan fingerprint density at radius 2 is 2.24 bits per heavy atom. The second-order valence-electron chi connectivity index (χ2n) is 4.58. The first kappa shape index (κ1) is 13.3. The van der Waals surface area contributed by atoms with E-state index in [1.807, 2.05) is 11.9 Å². The lowest BCUT2D eigenvalue weighted by molar-refractivity contribution is 0.318. The van der Waals surface area contributed by atoms with Gasteiger partial charge in [0.1, 0.15) is 5.82 Å². The summed E-state index contributed by atoms with van der Waals surface area (Å²) in [5, 5.41) is 11.8. The Morgan fingerprint density at radius 3 is 2.76 bits per heavy atom. The SMILES string of the molecule is CCC(C)(C)N(C)c1ncccc1C(N)=NO. The Morgan fingerprint density at radius 1 is 1.59 bits per heavy atom. The van der Waals surface area contributed by atoms with Crippen molar-refractivity contribution in [3.8, 4) is 0 Å². The fraction of sp³-hybridized carbons (Fsp3) is 0.500. The number of hydrogen-bond donors (Lipinski definition) is 2. The number of nitrogens with two attached hydrogens (primary N) is 1. The van der Waals surface area contributed by atoms with Crippen molar-refractivity contribution in [2.75, 3.05) is 11.9 Å². The molecule has 0 aliphatic carbocycles. The molecule has 1 rings (SSSR count). The highest BCUT2D eigenvalue weighted by Gasteiger charge is 2.25. The van der Waals surface area contributed by atoms with E-state index in [1.54, 1.807) is 18.3 Å². The molecule has 94 valence electrons. The Bertz CT molecular complexity index is 415. The molecule has 0 aliphatic rings. The van der Waals surface area contributed by atoms with Crippen LogP contribution < -0.4 is 10.6 Å². The second kappa shape index (κ2) is 5.03. The highest BCUT2D eigenvalue weighted by atomic mass is 16.4. The van der Waals surface area contributed by atoms with Gasteiger partial charge in [-0.25, -0.2) is 4.98 Å². The maximum atomic E-state index is 8.77. The molecule has 0 fully saturated rings. The van der Waals surface area contributed by atoms with Gasteiger partial charge in [0.05, 0.1) is 5.56 Å². The van der Waals surface area contributed by atoms with Gasteiger partial charge in [0.25, 0.3) is 0 Å². The largest absolute Gasteiger partial charge is 0.409 e. The van der Waals surface area contributed by atoms with Crippen LogP contribution in [0.2, 0.25) is 0 Å². The van der Waals surface area contributed by atoms with Crippen molar-refractivity contribution in [3.05, 3.63) is 23.9 Å². The van der Waals surface area contributed by atoms with Gasteiger partial charge < -0.3 is 15.8 Å². The fourth-order valence-corrected chi connectivity index (χ4v) is 1.44. The highest BCUT2D eigenvalue weighted by Crippen LogP contribution is 2.25. The molecule has 0 bridgehead atoms. The van der Waals surface area contributed by atoms with E-state index in [2.05, 4.69) is 30.9 Å². The van der Waals surface area contributed by atoms with Gasteiger partial charge >= 0.3 is 0 Å². The average Bonchev–Trinajstić information content (AvgIpc) is 2.36. The maximum absolute atomic E-state index is 8.77. The summed E-state index contributed by atoms with van der Waals surface area (Å²) in [6.45, 7) is 6.36. The lowest BCUT2D eigenvalue weighted by Gasteiger charge is -2.36. The third kappa shape index (κ3) is 2.67. The van der Waals surface area contributed by atoms with Crippen LogP contribution in [0.25, 0.3) is 0 Å². The molecule has 0 atom stereocenters. The third-order valence-electron chi connectivity index (χ3n) is 3.26. The van der Waals surface area contributed by atoms with Crippen molar-refractivity contribution in [2.45, 2.75) is 32.7 Å². The molecule has 5 heteroatoms. The number of nitrogens with zero attached hydrogens (tertiary/aromatic N) is 3. The van der Waals surface area contributed by atoms with E-state index in [-0.39, 0.29) is 11.4 Å². The van der Waals surface area contributed by atoms with Crippen LogP contribution in [0.5, 0.6) is 0 Å². The third-order valence-corrected chi connectivity index (χ3v) is 3.26. The maximum Gasteiger partial charge on any atom is 0.173 e. The van der Waals surface area contributed by atoms with Gasteiger partial charge in [0, 0.05) is 18.8 Å². The lowest BCUT2D eigenvalue weighted by Crippen LogP contribution is -2.42. The van der Waals surface area contributed by atoms with Crippen molar-refractivity contribution in [1.82, 2.24) is 4.98 Å². The quantitative estimate of drug-likeness (QED) is 0.362. The first-order chi connectivity index (χ1) is 7.94. The highest BCUT2D eigenvalue weighted by molar-refractivity contribution is 6.01. The Labute approximate surface area is 102 Å². The topological polar surface area (TPSA) is 74.7 Å². The molecule has 0 saturated heterocycles. The molecule has 0 unspecified atom stereocenters. The van der Waals surface area contributed by atoms with Crippen LogP contribution in [0.3, 0.4) is 0 Å². The van der Waals surface area contributed by atoms with Crippen LogP contribution >= 0.6 is 0 Å². The predicted octanol–water partition coefficient (Wildman–Crippen LogP) is 1.80. The molecule has 0 amide bonds. The van der Waals surface area contributed by atoms with Crippen molar-refractivity contribution < 1.29 is 5.21 Å². The molecule has 0 saturated carbocycles. The molecule has 1 aromatic rings. The van der Waals surface area contributed by atoms with Crippen molar-refractivity contribution >= 4 is 11.7 Å². The first-order valence-corrected chi connectivity index (χ1v) is 5.60. The van der Waals surface area contributed by atoms with E-state index < -0.39 is 0 Å². The van der Waals surface area contributed by atoms with Crippen LogP contribution in [-0.4, -0.2) is 28.6 Å². The first-order valence-electron chi connectivity index (χ1n) is 5.60. The molecule has 17 heavy (non-hydrogen) atoms. The molecule has 1 aromatic heterocycles. The van der Waals surface area contributed by atoms with E-state index >= 15 is 0 Å². The molecular formula is C12H20N4O. The molecular weight excluding hydrogens is 216 g/mol. The van der Waals surface area contributed by atoms with E-state index in [1.165, 1.54) is 0 Å². The normalized spacial score (nSPS) is 12.6. The van der Waals surface area contributed by atoms with Gasteiger partial charge in [-0.1, -0.05) is 12.1 Å². The smallest absolute Gasteiger partial charge is 0.173 e. The van der Waals surface area contributed by atoms with E-state index in [9.17, 15) is 0 Å². The Balaban J connectivity index is 3.23. The lowest BCUT2D eigenvalue weighted by atomic mass is 9.99.